The van der Waals surface area contributed by atoms with Crippen LogP contribution in [0, 0.1) is 6.92 Å². The average molecular weight is 483 g/mol. The number of hydrogen-bond acceptors (Lipinski definition) is 5. The second-order valence-electron chi connectivity index (χ2n) is 9.19. The second kappa shape index (κ2) is 8.83. The van der Waals surface area contributed by atoms with Gasteiger partial charge in [-0.15, -0.1) is 10.2 Å². The molecule has 0 saturated carbocycles. The number of aromatic amines is 1. The molecule has 1 spiro atoms. The fourth-order valence-electron chi connectivity index (χ4n) is 5.02. The number of carbonyl (C=O) groups is 1. The first-order chi connectivity index (χ1) is 16.7. The molecule has 0 bridgehead atoms. The van der Waals surface area contributed by atoms with Gasteiger partial charge in [0, 0.05) is 25.1 Å². The molecule has 0 saturated heterocycles. The summed E-state index contributed by atoms with van der Waals surface area (Å²) >= 11 is 0. The highest BCUT2D eigenvalue weighted by Gasteiger charge is 2.46. The number of amides is 1. The van der Waals surface area contributed by atoms with E-state index in [1.165, 1.54) is 0 Å². The zero-order valence-corrected chi connectivity index (χ0v) is 19.2. The molecule has 0 fully saturated rings. The molecule has 0 radical (unpaired) electrons. The maximum Gasteiger partial charge on any atom is 0.389 e. The van der Waals surface area contributed by atoms with Crippen LogP contribution in [-0.4, -0.2) is 39.3 Å². The van der Waals surface area contributed by atoms with Crippen molar-refractivity contribution in [3.63, 3.8) is 0 Å². The van der Waals surface area contributed by atoms with Crippen LogP contribution in [0.2, 0.25) is 0 Å². The van der Waals surface area contributed by atoms with Crippen LogP contribution in [0.15, 0.2) is 42.5 Å². The van der Waals surface area contributed by atoms with Gasteiger partial charge in [0.1, 0.15) is 0 Å². The van der Waals surface area contributed by atoms with E-state index in [9.17, 15) is 18.0 Å². The van der Waals surface area contributed by atoms with E-state index in [1.807, 2.05) is 49.4 Å². The molecule has 5 rings (SSSR count). The molecule has 182 valence electrons. The fourth-order valence-corrected chi connectivity index (χ4v) is 5.02. The monoisotopic (exact) mass is 482 g/mol. The Morgan fingerprint density at radius 1 is 1.14 bits per heavy atom. The summed E-state index contributed by atoms with van der Waals surface area (Å²) in [5.41, 5.74) is 5.49. The van der Waals surface area contributed by atoms with Crippen LogP contribution >= 0.6 is 0 Å². The van der Waals surface area contributed by atoms with Gasteiger partial charge in [0.05, 0.1) is 11.1 Å². The van der Waals surface area contributed by atoms with Crippen LogP contribution in [0.1, 0.15) is 53.8 Å². The first-order valence-electron chi connectivity index (χ1n) is 11.5. The number of benzene rings is 2. The Balaban J connectivity index is 1.48. The van der Waals surface area contributed by atoms with Crippen LogP contribution in [0.4, 0.5) is 18.9 Å². The maximum absolute atomic E-state index is 13.5. The molecular formula is C25H25F3N6O. The van der Waals surface area contributed by atoms with Crippen LogP contribution in [0.3, 0.4) is 0 Å². The van der Waals surface area contributed by atoms with E-state index in [-0.39, 0.29) is 24.7 Å². The summed E-state index contributed by atoms with van der Waals surface area (Å²) in [4.78, 5) is 13.5. The summed E-state index contributed by atoms with van der Waals surface area (Å²) < 4.78 is 37.4. The number of fused-ring (bicyclic) bond motifs is 2. The summed E-state index contributed by atoms with van der Waals surface area (Å²) in [5.74, 6) is -0.0316. The lowest BCUT2D eigenvalue weighted by molar-refractivity contribution is -0.134. The lowest BCUT2D eigenvalue weighted by Crippen LogP contribution is -2.48. The van der Waals surface area contributed by atoms with Crippen LogP contribution in [0.5, 0.6) is 0 Å². The standard InChI is InChI=1S/C25H25F3N6O/c1-15-3-5-16(6-4-15)19-14-24(30-23(35)21(19)22-31-33-34-32-22)11-9-17-7-8-18(13-20(17)24)29-12-2-10-25(26,27)28/h3-8,13,29H,2,9-12,14H2,1H3,(H,30,35)(H,31,32,33,34). The number of rotatable bonds is 6. The molecule has 1 amide bonds. The van der Waals surface area contributed by atoms with Crippen molar-refractivity contribution in [1.82, 2.24) is 25.9 Å². The van der Waals surface area contributed by atoms with E-state index in [0.717, 1.165) is 46.4 Å². The molecule has 10 heteroatoms. The number of tetrazole rings is 1. The highest BCUT2D eigenvalue weighted by molar-refractivity contribution is 6.27. The zero-order valence-electron chi connectivity index (χ0n) is 19.2. The lowest BCUT2D eigenvalue weighted by Gasteiger charge is -2.38. The quantitative estimate of drug-likeness (QED) is 0.449. The van der Waals surface area contributed by atoms with Crippen molar-refractivity contribution < 1.29 is 18.0 Å². The number of halogens is 3. The summed E-state index contributed by atoms with van der Waals surface area (Å²) in [6.07, 6.45) is -2.93. The van der Waals surface area contributed by atoms with Crippen molar-refractivity contribution >= 4 is 22.7 Å². The third-order valence-corrected chi connectivity index (χ3v) is 6.74. The SMILES string of the molecule is Cc1ccc(C2=C(c3nn[nH]n3)C(=O)NC3(CCc4ccc(NCCCC(F)(F)F)cc43)C2)cc1. The predicted molar refractivity (Wildman–Crippen MR) is 125 cm³/mol. The molecule has 1 atom stereocenters. The number of carbonyl (C=O) groups excluding carboxylic acids is 1. The number of nitrogens with one attached hydrogen (secondary N) is 3. The number of aromatic nitrogens is 4. The molecule has 35 heavy (non-hydrogen) atoms. The third kappa shape index (κ3) is 4.65. The average Bonchev–Trinajstić information content (AvgIpc) is 3.45. The Morgan fingerprint density at radius 2 is 1.94 bits per heavy atom. The van der Waals surface area contributed by atoms with Gasteiger partial charge in [0.2, 0.25) is 5.82 Å². The minimum Gasteiger partial charge on any atom is -0.385 e. The topological polar surface area (TPSA) is 95.6 Å². The molecule has 2 aromatic carbocycles. The van der Waals surface area contributed by atoms with Crippen molar-refractivity contribution in [3.05, 3.63) is 70.5 Å². The van der Waals surface area contributed by atoms with Crippen LogP contribution in [-0.2, 0) is 16.8 Å². The Labute approximate surface area is 200 Å². The van der Waals surface area contributed by atoms with Crippen molar-refractivity contribution in [2.75, 3.05) is 11.9 Å². The number of H-pyrrole nitrogens is 1. The van der Waals surface area contributed by atoms with Crippen LogP contribution in [0.25, 0.3) is 11.1 Å². The van der Waals surface area contributed by atoms with E-state index in [0.29, 0.717) is 12.0 Å². The lowest BCUT2D eigenvalue weighted by atomic mass is 9.77. The van der Waals surface area contributed by atoms with Gasteiger partial charge in [-0.25, -0.2) is 0 Å². The first kappa shape index (κ1) is 23.1. The number of aryl methyl sites for hydroxylation is 2. The summed E-state index contributed by atoms with van der Waals surface area (Å²) in [5, 5.41) is 20.5. The molecule has 1 unspecified atom stereocenters. The van der Waals surface area contributed by atoms with Gasteiger partial charge in [0.15, 0.2) is 0 Å². The highest BCUT2D eigenvalue weighted by Crippen LogP contribution is 2.48. The Hall–Kier alpha value is -3.69. The third-order valence-electron chi connectivity index (χ3n) is 6.74. The molecule has 1 aromatic heterocycles. The van der Waals surface area contributed by atoms with E-state index in [4.69, 9.17) is 0 Å². The number of hydrogen-bond donors (Lipinski definition) is 3. The molecule has 3 aromatic rings. The zero-order chi connectivity index (χ0) is 24.6. The van der Waals surface area contributed by atoms with Gasteiger partial charge in [-0.1, -0.05) is 35.9 Å². The Morgan fingerprint density at radius 3 is 2.66 bits per heavy atom. The fraction of sp³-hybridized carbons (Fsp3) is 0.360. The van der Waals surface area contributed by atoms with Gasteiger partial charge < -0.3 is 10.6 Å². The van der Waals surface area contributed by atoms with Crippen molar-refractivity contribution in [2.45, 2.75) is 50.7 Å². The molecule has 1 aliphatic carbocycles. The second-order valence-corrected chi connectivity index (χ2v) is 9.19. The van der Waals surface area contributed by atoms with Crippen LogP contribution < -0.4 is 10.6 Å². The van der Waals surface area contributed by atoms with E-state index in [1.54, 1.807) is 0 Å². The molecule has 2 aliphatic rings. The van der Waals surface area contributed by atoms with E-state index < -0.39 is 18.1 Å². The minimum absolute atomic E-state index is 0.00314. The Bertz CT molecular complexity index is 1270. The van der Waals surface area contributed by atoms with E-state index in [2.05, 4.69) is 31.3 Å². The van der Waals surface area contributed by atoms with Crippen molar-refractivity contribution in [1.29, 1.82) is 0 Å². The minimum atomic E-state index is -4.16. The van der Waals surface area contributed by atoms with Gasteiger partial charge in [-0.3, -0.25) is 4.79 Å². The molecular weight excluding hydrogens is 457 g/mol. The number of anilines is 1. The molecule has 1 aliphatic heterocycles. The molecule has 7 nitrogen and oxygen atoms in total. The summed E-state index contributed by atoms with van der Waals surface area (Å²) in [7, 11) is 0. The molecule has 3 N–H and O–H groups in total. The predicted octanol–water partition coefficient (Wildman–Crippen LogP) is 4.53. The normalized spacial score (nSPS) is 19.7. The first-order valence-corrected chi connectivity index (χ1v) is 11.5. The Kier molecular flexibility index (Phi) is 5.82. The highest BCUT2D eigenvalue weighted by atomic mass is 19.4. The van der Waals surface area contributed by atoms with Crippen molar-refractivity contribution in [3.8, 4) is 0 Å². The maximum atomic E-state index is 13.5. The van der Waals surface area contributed by atoms with Crippen molar-refractivity contribution in [2.24, 2.45) is 0 Å². The number of alkyl halides is 3. The molecule has 2 heterocycles. The van der Waals surface area contributed by atoms with Gasteiger partial charge >= 0.3 is 6.18 Å². The van der Waals surface area contributed by atoms with Gasteiger partial charge in [-0.2, -0.15) is 18.4 Å². The largest absolute Gasteiger partial charge is 0.389 e. The van der Waals surface area contributed by atoms with E-state index >= 15 is 0 Å². The van der Waals surface area contributed by atoms with Gasteiger partial charge in [-0.05, 0) is 65.8 Å². The van der Waals surface area contributed by atoms with Gasteiger partial charge in [0.25, 0.3) is 5.91 Å². The summed E-state index contributed by atoms with van der Waals surface area (Å²) in [6.45, 7) is 2.22. The number of nitrogens with zero attached hydrogens (tertiary/aromatic N) is 3. The summed E-state index contributed by atoms with van der Waals surface area (Å²) in [6, 6.07) is 13.8. The smallest absolute Gasteiger partial charge is 0.385 e.